The lowest BCUT2D eigenvalue weighted by molar-refractivity contribution is -0.124. The van der Waals surface area contributed by atoms with Gasteiger partial charge >= 0.3 is 0 Å². The number of amides is 2. The van der Waals surface area contributed by atoms with E-state index in [2.05, 4.69) is 25.4 Å². The van der Waals surface area contributed by atoms with Crippen LogP contribution in [-0.2, 0) is 9.63 Å². The SMILES string of the molecule is Cc1c(C(=O)NOCC(N)=O)cnc2ncnn12. The van der Waals surface area contributed by atoms with Gasteiger partial charge in [0.15, 0.2) is 6.61 Å². The van der Waals surface area contributed by atoms with E-state index in [1.165, 1.54) is 17.0 Å². The Morgan fingerprint density at radius 3 is 3.00 bits per heavy atom. The second-order valence-electron chi connectivity index (χ2n) is 3.42. The maximum atomic E-state index is 11.7. The number of hydroxylamine groups is 1. The number of carbonyl (C=O) groups is 2. The first-order chi connectivity index (χ1) is 8.59. The summed E-state index contributed by atoms with van der Waals surface area (Å²) < 4.78 is 1.42. The number of carbonyl (C=O) groups excluding carboxylic acids is 2. The molecule has 2 heterocycles. The zero-order chi connectivity index (χ0) is 13.1. The minimum absolute atomic E-state index is 0.262. The van der Waals surface area contributed by atoms with Crippen LogP contribution >= 0.6 is 0 Å². The smallest absolute Gasteiger partial charge is 0.278 e. The highest BCUT2D eigenvalue weighted by Crippen LogP contribution is 2.06. The molecule has 0 atom stereocenters. The molecule has 0 spiro atoms. The minimum Gasteiger partial charge on any atom is -0.368 e. The molecule has 2 aromatic rings. The van der Waals surface area contributed by atoms with Gasteiger partial charge in [0.25, 0.3) is 11.7 Å². The fourth-order valence-corrected chi connectivity index (χ4v) is 1.34. The molecule has 0 aromatic carbocycles. The van der Waals surface area contributed by atoms with Crippen molar-refractivity contribution in [1.82, 2.24) is 25.1 Å². The van der Waals surface area contributed by atoms with Crippen LogP contribution < -0.4 is 11.2 Å². The summed E-state index contributed by atoms with van der Waals surface area (Å²) in [4.78, 5) is 34.6. The number of nitrogens with two attached hydrogens (primary N) is 1. The molecule has 0 saturated carbocycles. The molecule has 18 heavy (non-hydrogen) atoms. The van der Waals surface area contributed by atoms with Crippen molar-refractivity contribution in [2.75, 3.05) is 6.61 Å². The Morgan fingerprint density at radius 2 is 2.28 bits per heavy atom. The van der Waals surface area contributed by atoms with E-state index >= 15 is 0 Å². The molecule has 2 rings (SSSR count). The van der Waals surface area contributed by atoms with Crippen LogP contribution in [0.15, 0.2) is 12.5 Å². The summed E-state index contributed by atoms with van der Waals surface area (Å²) in [6.07, 6.45) is 2.68. The van der Waals surface area contributed by atoms with Crippen molar-refractivity contribution in [2.24, 2.45) is 5.73 Å². The fraction of sp³-hybridized carbons (Fsp3) is 0.222. The van der Waals surface area contributed by atoms with Gasteiger partial charge in [-0.2, -0.15) is 10.1 Å². The first kappa shape index (κ1) is 11.9. The maximum Gasteiger partial charge on any atom is 0.278 e. The molecule has 0 unspecified atom stereocenters. The highest BCUT2D eigenvalue weighted by Gasteiger charge is 2.13. The fourth-order valence-electron chi connectivity index (χ4n) is 1.34. The van der Waals surface area contributed by atoms with Crippen LogP contribution in [0.4, 0.5) is 0 Å². The molecule has 0 bridgehead atoms. The quantitative estimate of drug-likeness (QED) is 0.641. The number of aryl methyl sites for hydroxylation is 1. The van der Waals surface area contributed by atoms with E-state index in [1.54, 1.807) is 6.92 Å². The summed E-state index contributed by atoms with van der Waals surface area (Å²) in [5.74, 6) is -0.836. The molecule has 94 valence electrons. The van der Waals surface area contributed by atoms with E-state index in [0.717, 1.165) is 0 Å². The van der Waals surface area contributed by atoms with Gasteiger partial charge in [0, 0.05) is 6.20 Å². The third-order valence-corrected chi connectivity index (χ3v) is 2.17. The average molecular weight is 250 g/mol. The Kier molecular flexibility index (Phi) is 3.15. The van der Waals surface area contributed by atoms with Crippen molar-refractivity contribution < 1.29 is 14.4 Å². The lowest BCUT2D eigenvalue weighted by atomic mass is 10.2. The van der Waals surface area contributed by atoms with E-state index in [1.807, 2.05) is 0 Å². The van der Waals surface area contributed by atoms with Crippen LogP contribution in [0.2, 0.25) is 0 Å². The number of hydrogen-bond donors (Lipinski definition) is 2. The summed E-state index contributed by atoms with van der Waals surface area (Å²) in [6, 6.07) is 0. The number of aromatic nitrogens is 4. The van der Waals surface area contributed by atoms with E-state index in [4.69, 9.17) is 5.73 Å². The van der Waals surface area contributed by atoms with Gasteiger partial charge in [0.1, 0.15) is 6.33 Å². The van der Waals surface area contributed by atoms with Gasteiger partial charge in [-0.1, -0.05) is 0 Å². The van der Waals surface area contributed by atoms with Crippen LogP contribution in [0.5, 0.6) is 0 Å². The van der Waals surface area contributed by atoms with Gasteiger partial charge in [-0.3, -0.25) is 14.4 Å². The number of rotatable bonds is 4. The zero-order valence-electron chi connectivity index (χ0n) is 9.45. The van der Waals surface area contributed by atoms with Crippen LogP contribution in [0.3, 0.4) is 0 Å². The van der Waals surface area contributed by atoms with E-state index < -0.39 is 18.4 Å². The first-order valence-corrected chi connectivity index (χ1v) is 4.95. The Hall–Kier alpha value is -2.55. The van der Waals surface area contributed by atoms with E-state index in [0.29, 0.717) is 11.5 Å². The van der Waals surface area contributed by atoms with Gasteiger partial charge in [-0.25, -0.2) is 15.0 Å². The number of nitrogens with zero attached hydrogens (tertiary/aromatic N) is 4. The van der Waals surface area contributed by atoms with Crippen LogP contribution in [-0.4, -0.2) is 38.0 Å². The van der Waals surface area contributed by atoms with E-state index in [-0.39, 0.29) is 5.56 Å². The summed E-state index contributed by atoms with van der Waals surface area (Å²) in [5, 5.41) is 3.92. The molecule has 2 amide bonds. The molecule has 0 radical (unpaired) electrons. The number of nitrogens with one attached hydrogen (secondary N) is 1. The molecule has 0 aliphatic carbocycles. The lowest BCUT2D eigenvalue weighted by Gasteiger charge is -2.07. The van der Waals surface area contributed by atoms with Crippen LogP contribution in [0.25, 0.3) is 5.78 Å². The molecule has 9 nitrogen and oxygen atoms in total. The van der Waals surface area contributed by atoms with Crippen molar-refractivity contribution in [3.63, 3.8) is 0 Å². The van der Waals surface area contributed by atoms with Crippen molar-refractivity contribution in [3.05, 3.63) is 23.8 Å². The molecule has 0 aliphatic heterocycles. The van der Waals surface area contributed by atoms with Gasteiger partial charge in [-0.05, 0) is 6.92 Å². The molecule has 9 heteroatoms. The van der Waals surface area contributed by atoms with Crippen molar-refractivity contribution in [1.29, 1.82) is 0 Å². The highest BCUT2D eigenvalue weighted by molar-refractivity contribution is 5.94. The average Bonchev–Trinajstić information content (AvgIpc) is 2.77. The second-order valence-corrected chi connectivity index (χ2v) is 3.42. The Bertz CT molecular complexity index is 607. The molecular weight excluding hydrogens is 240 g/mol. The molecule has 2 aromatic heterocycles. The van der Waals surface area contributed by atoms with Crippen molar-refractivity contribution in [3.8, 4) is 0 Å². The predicted octanol–water partition coefficient (Wildman–Crippen LogP) is -1.42. The van der Waals surface area contributed by atoms with E-state index in [9.17, 15) is 9.59 Å². The molecule has 3 N–H and O–H groups in total. The van der Waals surface area contributed by atoms with Crippen LogP contribution in [0, 0.1) is 6.92 Å². The number of primary amides is 1. The Balaban J connectivity index is 2.17. The standard InChI is InChI=1S/C9H10N6O3/c1-5-6(8(17)14-18-3-7(10)16)2-11-9-12-4-13-15(5)9/h2,4H,3H2,1H3,(H2,10,16)(H,14,17). The predicted molar refractivity (Wildman–Crippen MR) is 58.1 cm³/mol. The van der Waals surface area contributed by atoms with Crippen molar-refractivity contribution in [2.45, 2.75) is 6.92 Å². The molecule has 0 aliphatic rings. The third kappa shape index (κ3) is 2.25. The monoisotopic (exact) mass is 250 g/mol. The van der Waals surface area contributed by atoms with Gasteiger partial charge < -0.3 is 5.73 Å². The van der Waals surface area contributed by atoms with Gasteiger partial charge in [0.05, 0.1) is 11.3 Å². The largest absolute Gasteiger partial charge is 0.368 e. The first-order valence-electron chi connectivity index (χ1n) is 4.95. The normalized spacial score (nSPS) is 10.5. The highest BCUT2D eigenvalue weighted by atomic mass is 16.7. The van der Waals surface area contributed by atoms with Gasteiger partial charge in [-0.15, -0.1) is 0 Å². The Labute approximate surface area is 101 Å². The Morgan fingerprint density at radius 1 is 1.50 bits per heavy atom. The number of hydrogen-bond acceptors (Lipinski definition) is 6. The molecular formula is C9H10N6O3. The third-order valence-electron chi connectivity index (χ3n) is 2.17. The lowest BCUT2D eigenvalue weighted by Crippen LogP contribution is -2.30. The molecule has 0 fully saturated rings. The number of fused-ring (bicyclic) bond motifs is 1. The summed E-state index contributed by atoms with van der Waals surface area (Å²) in [7, 11) is 0. The maximum absolute atomic E-state index is 11.7. The van der Waals surface area contributed by atoms with Gasteiger partial charge in [0.2, 0.25) is 5.91 Å². The topological polar surface area (TPSA) is 124 Å². The summed E-state index contributed by atoms with van der Waals surface area (Å²) >= 11 is 0. The minimum atomic E-state index is -0.683. The summed E-state index contributed by atoms with van der Waals surface area (Å²) in [5.41, 5.74) is 7.76. The second kappa shape index (κ2) is 4.75. The van der Waals surface area contributed by atoms with Crippen LogP contribution in [0.1, 0.15) is 16.1 Å². The summed E-state index contributed by atoms with van der Waals surface area (Å²) in [6.45, 7) is 1.29. The van der Waals surface area contributed by atoms with Crippen molar-refractivity contribution >= 4 is 17.6 Å². The molecule has 0 saturated heterocycles. The zero-order valence-corrected chi connectivity index (χ0v) is 9.45.